The van der Waals surface area contributed by atoms with Crippen molar-refractivity contribution in [3.8, 4) is 0 Å². The summed E-state index contributed by atoms with van der Waals surface area (Å²) in [6.07, 6.45) is 0. The molecule has 54 valence electrons. The second-order valence-corrected chi connectivity index (χ2v) is 7.73. The van der Waals surface area contributed by atoms with Crippen LogP contribution in [0.25, 0.3) is 0 Å². The maximum atomic E-state index is 4.95. The van der Waals surface area contributed by atoms with Gasteiger partial charge in [-0.05, 0) is 13.8 Å². The van der Waals surface area contributed by atoms with E-state index in [0.717, 1.165) is 4.32 Å². The van der Waals surface area contributed by atoms with Crippen molar-refractivity contribution in [1.82, 2.24) is 5.32 Å². The van der Waals surface area contributed by atoms with Gasteiger partial charge >= 0.3 is 0 Å². The smallest absolute Gasteiger partial charge is 0.134 e. The maximum absolute atomic E-state index is 4.95. The minimum atomic E-state index is 0.206. The van der Waals surface area contributed by atoms with E-state index in [1.54, 1.807) is 11.8 Å². The van der Waals surface area contributed by atoms with Gasteiger partial charge in [0.15, 0.2) is 0 Å². The van der Waals surface area contributed by atoms with Crippen LogP contribution in [0.1, 0.15) is 13.8 Å². The fraction of sp³-hybridized carbons (Fsp3) is 0.800. The van der Waals surface area contributed by atoms with Gasteiger partial charge in [0.2, 0.25) is 0 Å². The summed E-state index contributed by atoms with van der Waals surface area (Å²) in [7, 11) is 1.84. The van der Waals surface area contributed by atoms with E-state index in [-0.39, 0.29) is 2.75 Å². The van der Waals surface area contributed by atoms with Crippen molar-refractivity contribution in [2.45, 2.75) is 16.6 Å². The molecule has 4 heteroatoms. The molecular weight excluding hydrogens is 265 g/mol. The lowest BCUT2D eigenvalue weighted by molar-refractivity contribution is 1.08. The predicted molar refractivity (Wildman–Crippen MR) is 57.3 cm³/mol. The third-order valence-electron chi connectivity index (χ3n) is 0.540. The molecule has 0 rings (SSSR count). The largest absolute Gasteiger partial charge is 0.374 e. The first-order valence-electron chi connectivity index (χ1n) is 2.55. The van der Waals surface area contributed by atoms with Crippen molar-refractivity contribution in [1.29, 1.82) is 0 Å². The van der Waals surface area contributed by atoms with Gasteiger partial charge in [0.05, 0.1) is 2.75 Å². The van der Waals surface area contributed by atoms with E-state index >= 15 is 0 Å². The Balaban J connectivity index is 3.60. The lowest BCUT2D eigenvalue weighted by Gasteiger charge is -2.14. The first kappa shape index (κ1) is 9.97. The van der Waals surface area contributed by atoms with Gasteiger partial charge in [-0.25, -0.2) is 0 Å². The highest BCUT2D eigenvalue weighted by Gasteiger charge is 2.14. The number of halogens is 1. The molecule has 0 aromatic rings. The van der Waals surface area contributed by atoms with Crippen molar-refractivity contribution in [3.63, 3.8) is 0 Å². The van der Waals surface area contributed by atoms with E-state index in [4.69, 9.17) is 12.2 Å². The normalized spacial score (nSPS) is 11.1. The summed E-state index contributed by atoms with van der Waals surface area (Å²) >= 11 is 8.96. The topological polar surface area (TPSA) is 12.0 Å². The molecule has 0 aliphatic rings. The van der Waals surface area contributed by atoms with Crippen LogP contribution in [-0.2, 0) is 0 Å². The van der Waals surface area contributed by atoms with Crippen LogP contribution in [0.15, 0.2) is 0 Å². The van der Waals surface area contributed by atoms with Gasteiger partial charge in [-0.2, -0.15) is 0 Å². The van der Waals surface area contributed by atoms with Crippen LogP contribution in [-0.4, -0.2) is 14.1 Å². The Bertz CT molecular complexity index is 108. The van der Waals surface area contributed by atoms with Crippen LogP contribution in [0.5, 0.6) is 0 Å². The van der Waals surface area contributed by atoms with Gasteiger partial charge < -0.3 is 5.32 Å². The first-order chi connectivity index (χ1) is 3.95. The summed E-state index contributed by atoms with van der Waals surface area (Å²) < 4.78 is 1.06. The van der Waals surface area contributed by atoms with E-state index < -0.39 is 0 Å². The number of thioether (sulfide) groups is 1. The molecule has 9 heavy (non-hydrogen) atoms. The summed E-state index contributed by atoms with van der Waals surface area (Å²) in [6, 6.07) is 0. The Labute approximate surface area is 79.5 Å². The molecule has 0 heterocycles. The Hall–Kier alpha value is 0.970. The predicted octanol–water partition coefficient (Wildman–Crippen LogP) is 2.40. The van der Waals surface area contributed by atoms with E-state index in [1.807, 2.05) is 7.05 Å². The Morgan fingerprint density at radius 3 is 2.22 bits per heavy atom. The van der Waals surface area contributed by atoms with Crippen molar-refractivity contribution >= 4 is 50.9 Å². The first-order valence-corrected chi connectivity index (χ1v) is 4.85. The molecule has 0 bridgehead atoms. The lowest BCUT2D eigenvalue weighted by atomic mass is 10.6. The highest BCUT2D eigenvalue weighted by Crippen LogP contribution is 2.31. The number of hydrogen-bond acceptors (Lipinski definition) is 2. The standard InChI is InChI=1S/C5H10INS2/c1-5(2,6)9-4(8)7-3/h1-3H3,(H,7,8). The van der Waals surface area contributed by atoms with Crippen molar-refractivity contribution in [3.05, 3.63) is 0 Å². The van der Waals surface area contributed by atoms with Gasteiger partial charge in [-0.3, -0.25) is 0 Å². The van der Waals surface area contributed by atoms with Crippen LogP contribution in [0.2, 0.25) is 0 Å². The Morgan fingerprint density at radius 2 is 2.11 bits per heavy atom. The van der Waals surface area contributed by atoms with Gasteiger partial charge in [0.1, 0.15) is 4.32 Å². The lowest BCUT2D eigenvalue weighted by Crippen LogP contribution is -2.17. The van der Waals surface area contributed by atoms with E-state index in [9.17, 15) is 0 Å². The molecule has 0 spiro atoms. The highest BCUT2D eigenvalue weighted by atomic mass is 127. The second kappa shape index (κ2) is 3.98. The molecule has 0 radical (unpaired) electrons. The van der Waals surface area contributed by atoms with Gasteiger partial charge in [-0.1, -0.05) is 46.6 Å². The summed E-state index contributed by atoms with van der Waals surface area (Å²) in [5, 5.41) is 2.91. The van der Waals surface area contributed by atoms with Crippen LogP contribution in [0.4, 0.5) is 0 Å². The maximum Gasteiger partial charge on any atom is 0.134 e. The summed E-state index contributed by atoms with van der Waals surface area (Å²) in [6.45, 7) is 4.25. The third kappa shape index (κ3) is 6.86. The number of nitrogens with one attached hydrogen (secondary N) is 1. The zero-order valence-electron chi connectivity index (χ0n) is 5.69. The number of alkyl halides is 1. The van der Waals surface area contributed by atoms with Crippen LogP contribution in [0, 0.1) is 0 Å². The molecule has 0 aromatic carbocycles. The molecule has 0 unspecified atom stereocenters. The molecule has 0 aliphatic heterocycles. The summed E-state index contributed by atoms with van der Waals surface area (Å²) in [5.41, 5.74) is 0. The molecule has 0 saturated heterocycles. The van der Waals surface area contributed by atoms with Gasteiger partial charge in [0.25, 0.3) is 0 Å². The summed E-state index contributed by atoms with van der Waals surface area (Å²) in [5.74, 6) is 0. The molecule has 1 N–H and O–H groups in total. The monoisotopic (exact) mass is 275 g/mol. The Morgan fingerprint density at radius 1 is 1.67 bits per heavy atom. The third-order valence-corrected chi connectivity index (χ3v) is 2.53. The SMILES string of the molecule is CNC(=S)SC(C)(C)I. The fourth-order valence-corrected chi connectivity index (χ4v) is 2.55. The van der Waals surface area contributed by atoms with Crippen molar-refractivity contribution in [2.24, 2.45) is 0 Å². The van der Waals surface area contributed by atoms with Crippen LogP contribution in [0.3, 0.4) is 0 Å². The molecule has 1 nitrogen and oxygen atoms in total. The molecule has 0 atom stereocenters. The zero-order chi connectivity index (χ0) is 7.49. The number of hydrogen-bond donors (Lipinski definition) is 1. The fourth-order valence-electron chi connectivity index (χ4n) is 0.271. The molecule has 0 amide bonds. The minimum absolute atomic E-state index is 0.206. The van der Waals surface area contributed by atoms with E-state index in [0.29, 0.717) is 0 Å². The molecule has 0 saturated carbocycles. The van der Waals surface area contributed by atoms with E-state index in [2.05, 4.69) is 41.8 Å². The van der Waals surface area contributed by atoms with Crippen molar-refractivity contribution < 1.29 is 0 Å². The average Bonchev–Trinajstić information content (AvgIpc) is 1.62. The zero-order valence-corrected chi connectivity index (χ0v) is 9.48. The van der Waals surface area contributed by atoms with Crippen LogP contribution >= 0.6 is 46.6 Å². The Kier molecular flexibility index (Phi) is 4.41. The molecule has 0 aliphatic carbocycles. The molecule has 0 fully saturated rings. The van der Waals surface area contributed by atoms with Crippen LogP contribution < -0.4 is 5.32 Å². The number of thiocarbonyl (C=S) groups is 1. The average molecular weight is 275 g/mol. The highest BCUT2D eigenvalue weighted by molar-refractivity contribution is 14.1. The van der Waals surface area contributed by atoms with Gasteiger partial charge in [-0.15, -0.1) is 0 Å². The second-order valence-electron chi connectivity index (χ2n) is 2.00. The van der Waals surface area contributed by atoms with Gasteiger partial charge in [0, 0.05) is 7.05 Å². The number of rotatable bonds is 1. The van der Waals surface area contributed by atoms with Crippen molar-refractivity contribution in [2.75, 3.05) is 7.05 Å². The quantitative estimate of drug-likeness (QED) is 0.448. The van der Waals surface area contributed by atoms with E-state index in [1.165, 1.54) is 0 Å². The molecule has 0 aromatic heterocycles. The summed E-state index contributed by atoms with van der Waals surface area (Å²) in [4.78, 5) is 0. The minimum Gasteiger partial charge on any atom is -0.374 e. The molecular formula is C5H10INS2.